The van der Waals surface area contributed by atoms with Crippen molar-refractivity contribution in [3.63, 3.8) is 0 Å². The SMILES string of the molecule is CCNCC1(CN2CCC(CC)(CC)C2)CCOCC1. The van der Waals surface area contributed by atoms with E-state index in [1.165, 1.54) is 51.7 Å². The van der Waals surface area contributed by atoms with Crippen LogP contribution in [0.4, 0.5) is 0 Å². The molecule has 20 heavy (non-hydrogen) atoms. The number of nitrogens with zero attached hydrogens (tertiary/aromatic N) is 1. The molecular formula is C17H34N2O. The van der Waals surface area contributed by atoms with Crippen molar-refractivity contribution in [3.05, 3.63) is 0 Å². The Balaban J connectivity index is 1.94. The van der Waals surface area contributed by atoms with Crippen molar-refractivity contribution in [2.24, 2.45) is 10.8 Å². The van der Waals surface area contributed by atoms with Crippen LogP contribution in [0.2, 0.25) is 0 Å². The van der Waals surface area contributed by atoms with Gasteiger partial charge in [-0.3, -0.25) is 0 Å². The highest BCUT2D eigenvalue weighted by molar-refractivity contribution is 4.93. The molecule has 2 rings (SSSR count). The summed E-state index contributed by atoms with van der Waals surface area (Å²) >= 11 is 0. The predicted octanol–water partition coefficient (Wildman–Crippen LogP) is 2.90. The Morgan fingerprint density at radius 1 is 1.00 bits per heavy atom. The van der Waals surface area contributed by atoms with E-state index in [4.69, 9.17) is 4.74 Å². The van der Waals surface area contributed by atoms with Crippen LogP contribution in [-0.4, -0.2) is 50.8 Å². The monoisotopic (exact) mass is 282 g/mol. The van der Waals surface area contributed by atoms with Crippen LogP contribution in [0.1, 0.15) is 52.9 Å². The Morgan fingerprint density at radius 3 is 2.25 bits per heavy atom. The van der Waals surface area contributed by atoms with E-state index >= 15 is 0 Å². The van der Waals surface area contributed by atoms with E-state index in [-0.39, 0.29) is 0 Å². The van der Waals surface area contributed by atoms with Gasteiger partial charge in [-0.25, -0.2) is 0 Å². The van der Waals surface area contributed by atoms with E-state index < -0.39 is 0 Å². The molecule has 0 aromatic carbocycles. The second kappa shape index (κ2) is 7.24. The average Bonchev–Trinajstić information content (AvgIpc) is 2.90. The van der Waals surface area contributed by atoms with Crippen molar-refractivity contribution in [3.8, 4) is 0 Å². The lowest BCUT2D eigenvalue weighted by molar-refractivity contribution is -0.00239. The molecule has 0 aliphatic carbocycles. The number of rotatable bonds is 7. The number of nitrogens with one attached hydrogen (secondary N) is 1. The summed E-state index contributed by atoms with van der Waals surface area (Å²) in [5.41, 5.74) is 1.05. The van der Waals surface area contributed by atoms with Gasteiger partial charge >= 0.3 is 0 Å². The van der Waals surface area contributed by atoms with Crippen LogP contribution in [0.5, 0.6) is 0 Å². The lowest BCUT2D eigenvalue weighted by Crippen LogP contribution is -2.47. The molecule has 118 valence electrons. The number of ether oxygens (including phenoxy) is 1. The summed E-state index contributed by atoms with van der Waals surface area (Å²) in [6, 6.07) is 0. The van der Waals surface area contributed by atoms with Crippen LogP contribution >= 0.6 is 0 Å². The zero-order valence-electron chi connectivity index (χ0n) is 13.8. The van der Waals surface area contributed by atoms with Gasteiger partial charge in [-0.2, -0.15) is 0 Å². The highest BCUT2D eigenvalue weighted by atomic mass is 16.5. The van der Waals surface area contributed by atoms with Gasteiger partial charge in [0.05, 0.1) is 0 Å². The molecule has 3 nitrogen and oxygen atoms in total. The summed E-state index contributed by atoms with van der Waals surface area (Å²) in [5.74, 6) is 0. The summed E-state index contributed by atoms with van der Waals surface area (Å²) in [5, 5.41) is 3.60. The highest BCUT2D eigenvalue weighted by Crippen LogP contribution is 2.40. The molecule has 0 unspecified atom stereocenters. The predicted molar refractivity (Wildman–Crippen MR) is 85.1 cm³/mol. The Kier molecular flexibility index (Phi) is 5.88. The fraction of sp³-hybridized carbons (Fsp3) is 1.00. The minimum absolute atomic E-state index is 0.450. The molecule has 2 aliphatic heterocycles. The van der Waals surface area contributed by atoms with Gasteiger partial charge in [0.15, 0.2) is 0 Å². The highest BCUT2D eigenvalue weighted by Gasteiger charge is 2.40. The van der Waals surface area contributed by atoms with Crippen molar-refractivity contribution in [1.29, 1.82) is 0 Å². The molecule has 0 radical (unpaired) electrons. The molecule has 0 aromatic rings. The van der Waals surface area contributed by atoms with Crippen LogP contribution in [0.25, 0.3) is 0 Å². The lowest BCUT2D eigenvalue weighted by Gasteiger charge is -2.41. The van der Waals surface area contributed by atoms with E-state index in [9.17, 15) is 0 Å². The standard InChI is InChI=1S/C17H34N2O/c1-4-16(5-2)7-10-19(14-16)15-17(13-18-6-3)8-11-20-12-9-17/h18H,4-15H2,1-3H3. The third kappa shape index (κ3) is 3.75. The van der Waals surface area contributed by atoms with Gasteiger partial charge in [-0.05, 0) is 56.0 Å². The molecule has 1 N–H and O–H groups in total. The molecule has 2 saturated heterocycles. The molecule has 2 fully saturated rings. The van der Waals surface area contributed by atoms with Crippen LogP contribution in [0.15, 0.2) is 0 Å². The van der Waals surface area contributed by atoms with Crippen LogP contribution < -0.4 is 5.32 Å². The maximum atomic E-state index is 5.61. The lowest BCUT2D eigenvalue weighted by atomic mass is 9.79. The quantitative estimate of drug-likeness (QED) is 0.777. The third-order valence-corrected chi connectivity index (χ3v) is 5.88. The second-order valence-electron chi connectivity index (χ2n) is 7.06. The second-order valence-corrected chi connectivity index (χ2v) is 7.06. The molecular weight excluding hydrogens is 248 g/mol. The molecule has 0 spiro atoms. The van der Waals surface area contributed by atoms with E-state index in [1.54, 1.807) is 0 Å². The number of likely N-dealkylation sites (tertiary alicyclic amines) is 1. The van der Waals surface area contributed by atoms with Crippen LogP contribution in [0, 0.1) is 10.8 Å². The van der Waals surface area contributed by atoms with Crippen LogP contribution in [-0.2, 0) is 4.74 Å². The summed E-state index contributed by atoms with van der Waals surface area (Å²) in [6.45, 7) is 15.0. The first-order valence-electron chi connectivity index (χ1n) is 8.68. The first kappa shape index (κ1) is 16.3. The Hall–Kier alpha value is -0.120. The fourth-order valence-corrected chi connectivity index (χ4v) is 4.05. The molecule has 3 heteroatoms. The zero-order chi connectivity index (χ0) is 14.5. The summed E-state index contributed by atoms with van der Waals surface area (Å²) in [7, 11) is 0. The average molecular weight is 282 g/mol. The molecule has 0 saturated carbocycles. The van der Waals surface area contributed by atoms with E-state index in [2.05, 4.69) is 31.0 Å². The first-order chi connectivity index (χ1) is 9.67. The molecule has 0 aromatic heterocycles. The first-order valence-corrected chi connectivity index (χ1v) is 8.68. The molecule has 0 amide bonds. The third-order valence-electron chi connectivity index (χ3n) is 5.88. The summed E-state index contributed by atoms with van der Waals surface area (Å²) < 4.78 is 5.61. The summed E-state index contributed by atoms with van der Waals surface area (Å²) in [6.07, 6.45) is 6.52. The molecule has 2 aliphatic rings. The Morgan fingerprint density at radius 2 is 1.70 bits per heavy atom. The minimum atomic E-state index is 0.450. The van der Waals surface area contributed by atoms with Crippen LogP contribution in [0.3, 0.4) is 0 Å². The van der Waals surface area contributed by atoms with Gasteiger partial charge in [-0.1, -0.05) is 20.8 Å². The molecule has 2 heterocycles. The number of hydrogen-bond donors (Lipinski definition) is 1. The van der Waals surface area contributed by atoms with Crippen molar-refractivity contribution in [1.82, 2.24) is 10.2 Å². The largest absolute Gasteiger partial charge is 0.381 e. The Bertz CT molecular complexity index is 283. The fourth-order valence-electron chi connectivity index (χ4n) is 4.05. The van der Waals surface area contributed by atoms with E-state index in [0.717, 1.165) is 26.3 Å². The van der Waals surface area contributed by atoms with Crippen molar-refractivity contribution in [2.45, 2.75) is 52.9 Å². The number of hydrogen-bond acceptors (Lipinski definition) is 3. The van der Waals surface area contributed by atoms with Crippen molar-refractivity contribution >= 4 is 0 Å². The zero-order valence-corrected chi connectivity index (χ0v) is 13.8. The van der Waals surface area contributed by atoms with Crippen molar-refractivity contribution < 1.29 is 4.74 Å². The maximum absolute atomic E-state index is 5.61. The van der Waals surface area contributed by atoms with E-state index in [1.807, 2.05) is 0 Å². The Labute approximate surface area is 125 Å². The van der Waals surface area contributed by atoms with Gasteiger partial charge in [0, 0.05) is 32.8 Å². The molecule has 0 bridgehead atoms. The van der Waals surface area contributed by atoms with Gasteiger partial charge in [0.25, 0.3) is 0 Å². The van der Waals surface area contributed by atoms with Gasteiger partial charge in [0.2, 0.25) is 0 Å². The van der Waals surface area contributed by atoms with Gasteiger partial charge in [0.1, 0.15) is 0 Å². The van der Waals surface area contributed by atoms with E-state index in [0.29, 0.717) is 10.8 Å². The maximum Gasteiger partial charge on any atom is 0.0472 e. The summed E-state index contributed by atoms with van der Waals surface area (Å²) in [4.78, 5) is 2.75. The van der Waals surface area contributed by atoms with Gasteiger partial charge < -0.3 is 15.0 Å². The topological polar surface area (TPSA) is 24.5 Å². The smallest absolute Gasteiger partial charge is 0.0472 e. The minimum Gasteiger partial charge on any atom is -0.381 e. The van der Waals surface area contributed by atoms with Gasteiger partial charge in [-0.15, -0.1) is 0 Å². The molecule has 0 atom stereocenters. The van der Waals surface area contributed by atoms with Crippen molar-refractivity contribution in [2.75, 3.05) is 45.9 Å². The normalized spacial score (nSPS) is 25.9.